The first-order valence-corrected chi connectivity index (χ1v) is 9.54. The van der Waals surface area contributed by atoms with E-state index in [9.17, 15) is 9.59 Å². The predicted molar refractivity (Wildman–Crippen MR) is 119 cm³/mol. The standard InChI is InChI=1S/C23H17ClN4O2/c24-18-10-8-15(9-11-18)22(29)27-19-5-3-4-16(12-19)23(30)28-26-14-17-13-25-21-7-2-1-6-20(17)21/h1-14,25H,(H,27,29)(H,28,30). The molecule has 0 saturated carbocycles. The third kappa shape index (κ3) is 4.39. The van der Waals surface area contributed by atoms with Crippen molar-refractivity contribution in [1.29, 1.82) is 0 Å². The number of rotatable bonds is 5. The van der Waals surface area contributed by atoms with Gasteiger partial charge in [-0.25, -0.2) is 5.43 Å². The summed E-state index contributed by atoms with van der Waals surface area (Å²) in [5.74, 6) is -0.671. The number of halogens is 1. The van der Waals surface area contributed by atoms with Crippen LogP contribution in [0.2, 0.25) is 5.02 Å². The lowest BCUT2D eigenvalue weighted by Gasteiger charge is -2.07. The first-order valence-electron chi connectivity index (χ1n) is 9.17. The minimum Gasteiger partial charge on any atom is -0.361 e. The Hall–Kier alpha value is -3.90. The molecule has 3 N–H and O–H groups in total. The molecule has 3 aromatic carbocycles. The Bertz CT molecular complexity index is 1250. The molecule has 0 radical (unpaired) electrons. The number of hydrogen-bond acceptors (Lipinski definition) is 3. The number of hydrogen-bond donors (Lipinski definition) is 3. The number of benzene rings is 3. The Morgan fingerprint density at radius 1 is 0.900 bits per heavy atom. The quantitative estimate of drug-likeness (QED) is 0.321. The zero-order valence-corrected chi connectivity index (χ0v) is 16.5. The van der Waals surface area contributed by atoms with Gasteiger partial charge < -0.3 is 10.3 Å². The van der Waals surface area contributed by atoms with Gasteiger partial charge in [0, 0.05) is 44.5 Å². The third-order valence-electron chi connectivity index (χ3n) is 4.48. The highest BCUT2D eigenvalue weighted by Crippen LogP contribution is 2.16. The minimum atomic E-state index is -0.381. The van der Waals surface area contributed by atoms with Crippen LogP contribution in [0.25, 0.3) is 10.9 Å². The summed E-state index contributed by atoms with van der Waals surface area (Å²) in [5, 5.41) is 8.38. The number of nitrogens with one attached hydrogen (secondary N) is 3. The van der Waals surface area contributed by atoms with Crippen LogP contribution >= 0.6 is 11.6 Å². The van der Waals surface area contributed by atoms with E-state index in [-0.39, 0.29) is 11.8 Å². The van der Waals surface area contributed by atoms with Gasteiger partial charge in [0.2, 0.25) is 0 Å². The minimum absolute atomic E-state index is 0.290. The molecular formula is C23H17ClN4O2. The van der Waals surface area contributed by atoms with Crippen LogP contribution in [0.3, 0.4) is 0 Å². The highest BCUT2D eigenvalue weighted by atomic mass is 35.5. The van der Waals surface area contributed by atoms with Crippen LogP contribution in [0, 0.1) is 0 Å². The number of para-hydroxylation sites is 1. The van der Waals surface area contributed by atoms with Crippen molar-refractivity contribution >= 4 is 46.2 Å². The van der Waals surface area contributed by atoms with E-state index in [2.05, 4.69) is 20.8 Å². The summed E-state index contributed by atoms with van der Waals surface area (Å²) in [4.78, 5) is 27.9. The smallest absolute Gasteiger partial charge is 0.271 e. The fourth-order valence-electron chi connectivity index (χ4n) is 2.97. The number of H-pyrrole nitrogens is 1. The van der Waals surface area contributed by atoms with Gasteiger partial charge in [-0.15, -0.1) is 0 Å². The predicted octanol–water partition coefficient (Wildman–Crippen LogP) is 4.84. The second-order valence-electron chi connectivity index (χ2n) is 6.53. The molecule has 0 aliphatic rings. The van der Waals surface area contributed by atoms with Crippen molar-refractivity contribution in [3.8, 4) is 0 Å². The molecule has 0 saturated heterocycles. The van der Waals surface area contributed by atoms with Gasteiger partial charge in [-0.3, -0.25) is 9.59 Å². The van der Waals surface area contributed by atoms with E-state index in [1.165, 1.54) is 0 Å². The molecule has 148 valence electrons. The molecule has 0 spiro atoms. The molecule has 4 aromatic rings. The lowest BCUT2D eigenvalue weighted by molar-refractivity contribution is 0.0953. The van der Waals surface area contributed by atoms with Gasteiger partial charge in [0.05, 0.1) is 6.21 Å². The zero-order valence-electron chi connectivity index (χ0n) is 15.7. The Morgan fingerprint density at radius 2 is 1.70 bits per heavy atom. The summed E-state index contributed by atoms with van der Waals surface area (Å²) in [6, 6.07) is 21.0. The second kappa shape index (κ2) is 8.63. The molecular weight excluding hydrogens is 400 g/mol. The van der Waals surface area contributed by atoms with Crippen LogP contribution in [-0.2, 0) is 0 Å². The fraction of sp³-hybridized carbons (Fsp3) is 0. The summed E-state index contributed by atoms with van der Waals surface area (Å²) in [6.45, 7) is 0. The summed E-state index contributed by atoms with van der Waals surface area (Å²) in [6.07, 6.45) is 3.41. The van der Waals surface area contributed by atoms with Crippen LogP contribution in [0.15, 0.2) is 84.1 Å². The van der Waals surface area contributed by atoms with Crippen LogP contribution < -0.4 is 10.7 Å². The summed E-state index contributed by atoms with van der Waals surface area (Å²) in [5.41, 5.74) is 5.72. The maximum absolute atomic E-state index is 12.4. The van der Waals surface area contributed by atoms with Crippen LogP contribution in [0.5, 0.6) is 0 Å². The van der Waals surface area contributed by atoms with Crippen molar-refractivity contribution in [2.24, 2.45) is 5.10 Å². The van der Waals surface area contributed by atoms with Gasteiger partial charge in [0.25, 0.3) is 11.8 Å². The van der Waals surface area contributed by atoms with Gasteiger partial charge in [0.15, 0.2) is 0 Å². The highest BCUT2D eigenvalue weighted by Gasteiger charge is 2.09. The normalized spacial score (nSPS) is 11.0. The van der Waals surface area contributed by atoms with E-state index in [1.807, 2.05) is 30.5 Å². The molecule has 2 amide bonds. The number of carbonyl (C=O) groups is 2. The number of amides is 2. The fourth-order valence-corrected chi connectivity index (χ4v) is 3.09. The first-order chi connectivity index (χ1) is 14.6. The number of nitrogens with zero attached hydrogens (tertiary/aromatic N) is 1. The summed E-state index contributed by atoms with van der Waals surface area (Å²) >= 11 is 5.85. The molecule has 6 nitrogen and oxygen atoms in total. The molecule has 30 heavy (non-hydrogen) atoms. The number of aromatic nitrogens is 1. The average Bonchev–Trinajstić information content (AvgIpc) is 3.17. The highest BCUT2D eigenvalue weighted by molar-refractivity contribution is 6.30. The summed E-state index contributed by atoms with van der Waals surface area (Å²) < 4.78 is 0. The maximum atomic E-state index is 12.4. The Balaban J connectivity index is 1.42. The largest absolute Gasteiger partial charge is 0.361 e. The van der Waals surface area contributed by atoms with Crippen molar-refractivity contribution in [2.45, 2.75) is 0 Å². The van der Waals surface area contributed by atoms with Crippen molar-refractivity contribution in [3.05, 3.63) is 101 Å². The third-order valence-corrected chi connectivity index (χ3v) is 4.73. The molecule has 0 bridgehead atoms. The van der Waals surface area contributed by atoms with E-state index in [0.29, 0.717) is 21.8 Å². The van der Waals surface area contributed by atoms with Gasteiger partial charge >= 0.3 is 0 Å². The topological polar surface area (TPSA) is 86.3 Å². The zero-order chi connectivity index (χ0) is 20.9. The summed E-state index contributed by atoms with van der Waals surface area (Å²) in [7, 11) is 0. The first kappa shape index (κ1) is 19.4. The number of anilines is 1. The van der Waals surface area contributed by atoms with Gasteiger partial charge in [-0.1, -0.05) is 35.9 Å². The van der Waals surface area contributed by atoms with Crippen molar-refractivity contribution in [2.75, 3.05) is 5.32 Å². The lowest BCUT2D eigenvalue weighted by atomic mass is 10.1. The number of hydrazone groups is 1. The average molecular weight is 417 g/mol. The second-order valence-corrected chi connectivity index (χ2v) is 6.97. The van der Waals surface area contributed by atoms with E-state index in [0.717, 1.165) is 16.5 Å². The number of fused-ring (bicyclic) bond motifs is 1. The van der Waals surface area contributed by atoms with Crippen LogP contribution in [0.4, 0.5) is 5.69 Å². The van der Waals surface area contributed by atoms with Crippen molar-refractivity contribution < 1.29 is 9.59 Å². The monoisotopic (exact) mass is 416 g/mol. The van der Waals surface area contributed by atoms with E-state index < -0.39 is 0 Å². The number of carbonyl (C=O) groups excluding carboxylic acids is 2. The Morgan fingerprint density at radius 3 is 2.53 bits per heavy atom. The van der Waals surface area contributed by atoms with E-state index >= 15 is 0 Å². The molecule has 7 heteroatoms. The molecule has 0 unspecified atom stereocenters. The van der Waals surface area contributed by atoms with E-state index in [1.54, 1.807) is 54.7 Å². The Kier molecular flexibility index (Phi) is 5.59. The molecule has 0 fully saturated rings. The Labute approximate surface area is 177 Å². The molecule has 1 aromatic heterocycles. The van der Waals surface area contributed by atoms with Crippen molar-refractivity contribution in [3.63, 3.8) is 0 Å². The van der Waals surface area contributed by atoms with E-state index in [4.69, 9.17) is 11.6 Å². The molecule has 4 rings (SSSR count). The molecule has 1 heterocycles. The molecule has 0 aliphatic carbocycles. The van der Waals surface area contributed by atoms with Crippen LogP contribution in [0.1, 0.15) is 26.3 Å². The SMILES string of the molecule is O=C(NN=Cc1c[nH]c2ccccc12)c1cccc(NC(=O)c2ccc(Cl)cc2)c1. The molecule has 0 atom stereocenters. The maximum Gasteiger partial charge on any atom is 0.271 e. The van der Waals surface area contributed by atoms with Gasteiger partial charge in [-0.05, 0) is 48.5 Å². The van der Waals surface area contributed by atoms with Crippen LogP contribution in [-0.4, -0.2) is 23.0 Å². The number of aromatic amines is 1. The van der Waals surface area contributed by atoms with Gasteiger partial charge in [-0.2, -0.15) is 5.10 Å². The lowest BCUT2D eigenvalue weighted by Crippen LogP contribution is -2.18. The van der Waals surface area contributed by atoms with Gasteiger partial charge in [0.1, 0.15) is 0 Å². The molecule has 0 aliphatic heterocycles. The van der Waals surface area contributed by atoms with Crippen molar-refractivity contribution in [1.82, 2.24) is 10.4 Å².